The molecule has 0 aromatic heterocycles. The predicted octanol–water partition coefficient (Wildman–Crippen LogP) is 2.20. The molecular weight excluding hydrogens is 243 g/mol. The molecule has 2 N–H and O–H groups in total. The Balaban J connectivity index is 2.62. The Kier molecular flexibility index (Phi) is 6.50. The van der Waals surface area contributed by atoms with Crippen molar-refractivity contribution in [1.29, 1.82) is 0 Å². The first kappa shape index (κ1) is 15.6. The molecule has 0 unspecified atom stereocenters. The summed E-state index contributed by atoms with van der Waals surface area (Å²) in [7, 11) is 0. The molecule has 1 aromatic carbocycles. The van der Waals surface area contributed by atoms with Crippen molar-refractivity contribution in [3.8, 4) is 0 Å². The van der Waals surface area contributed by atoms with Gasteiger partial charge in [-0.2, -0.15) is 0 Å². The molecule has 19 heavy (non-hydrogen) atoms. The van der Waals surface area contributed by atoms with Crippen molar-refractivity contribution in [1.82, 2.24) is 4.90 Å². The smallest absolute Gasteiger partial charge is 0.226 e. The molecule has 0 saturated heterocycles. The number of rotatable bonds is 7. The van der Waals surface area contributed by atoms with E-state index in [2.05, 4.69) is 13.8 Å². The molecule has 3 nitrogen and oxygen atoms in total. The van der Waals surface area contributed by atoms with E-state index in [1.165, 1.54) is 12.1 Å². The van der Waals surface area contributed by atoms with Gasteiger partial charge in [0.2, 0.25) is 5.91 Å². The fourth-order valence-corrected chi connectivity index (χ4v) is 1.93. The average Bonchev–Trinajstić information content (AvgIpc) is 2.36. The van der Waals surface area contributed by atoms with Crippen molar-refractivity contribution in [2.24, 2.45) is 11.7 Å². The van der Waals surface area contributed by atoms with Crippen LogP contribution in [0.5, 0.6) is 0 Å². The minimum Gasteiger partial charge on any atom is -0.342 e. The summed E-state index contributed by atoms with van der Waals surface area (Å²) in [5.74, 6) is 0.224. The van der Waals surface area contributed by atoms with E-state index >= 15 is 0 Å². The third-order valence-corrected chi connectivity index (χ3v) is 2.84. The largest absolute Gasteiger partial charge is 0.342 e. The standard InChI is InChI=1S/C15H23FN2O/c1-12(2)11-18(9-3-8-17)15(19)10-13-4-6-14(16)7-5-13/h4-7,12H,3,8-11,17H2,1-2H3. The van der Waals surface area contributed by atoms with Crippen LogP contribution >= 0.6 is 0 Å². The van der Waals surface area contributed by atoms with Gasteiger partial charge in [-0.25, -0.2) is 4.39 Å². The first-order valence-electron chi connectivity index (χ1n) is 6.75. The molecule has 0 bridgehead atoms. The Bertz CT molecular complexity index is 390. The molecule has 0 spiro atoms. The number of carbonyl (C=O) groups excluding carboxylic acids is 1. The van der Waals surface area contributed by atoms with Gasteiger partial charge in [-0.05, 0) is 36.6 Å². The van der Waals surface area contributed by atoms with Gasteiger partial charge in [0.1, 0.15) is 5.82 Å². The van der Waals surface area contributed by atoms with Gasteiger partial charge >= 0.3 is 0 Å². The van der Waals surface area contributed by atoms with Crippen LogP contribution in [-0.2, 0) is 11.2 Å². The Morgan fingerprint density at radius 3 is 2.47 bits per heavy atom. The first-order valence-corrected chi connectivity index (χ1v) is 6.75. The van der Waals surface area contributed by atoms with E-state index in [4.69, 9.17) is 5.73 Å². The fourth-order valence-electron chi connectivity index (χ4n) is 1.93. The lowest BCUT2D eigenvalue weighted by Gasteiger charge is -2.24. The van der Waals surface area contributed by atoms with Gasteiger partial charge in [0.05, 0.1) is 6.42 Å². The Hall–Kier alpha value is -1.42. The summed E-state index contributed by atoms with van der Waals surface area (Å²) in [5.41, 5.74) is 6.34. The van der Waals surface area contributed by atoms with Gasteiger partial charge in [0.25, 0.3) is 0 Å². The second-order valence-electron chi connectivity index (χ2n) is 5.18. The van der Waals surface area contributed by atoms with Gasteiger partial charge in [-0.15, -0.1) is 0 Å². The van der Waals surface area contributed by atoms with Crippen LogP contribution in [0.1, 0.15) is 25.8 Å². The zero-order valence-corrected chi connectivity index (χ0v) is 11.7. The highest BCUT2D eigenvalue weighted by Gasteiger charge is 2.14. The zero-order valence-electron chi connectivity index (χ0n) is 11.7. The molecule has 4 heteroatoms. The molecule has 0 fully saturated rings. The van der Waals surface area contributed by atoms with E-state index in [-0.39, 0.29) is 11.7 Å². The van der Waals surface area contributed by atoms with Crippen molar-refractivity contribution in [2.45, 2.75) is 26.7 Å². The van der Waals surface area contributed by atoms with Gasteiger partial charge in [-0.1, -0.05) is 26.0 Å². The molecule has 0 atom stereocenters. The summed E-state index contributed by atoms with van der Waals surface area (Å²) < 4.78 is 12.8. The van der Waals surface area contributed by atoms with E-state index in [1.807, 2.05) is 4.90 Å². The van der Waals surface area contributed by atoms with Gasteiger partial charge < -0.3 is 10.6 Å². The van der Waals surface area contributed by atoms with Crippen LogP contribution in [0.2, 0.25) is 0 Å². The first-order chi connectivity index (χ1) is 9.02. The molecule has 1 rings (SSSR count). The quantitative estimate of drug-likeness (QED) is 0.822. The molecule has 106 valence electrons. The van der Waals surface area contributed by atoms with Crippen LogP contribution in [0.4, 0.5) is 4.39 Å². The van der Waals surface area contributed by atoms with Gasteiger partial charge in [0.15, 0.2) is 0 Å². The Labute approximate surface area is 114 Å². The highest BCUT2D eigenvalue weighted by atomic mass is 19.1. The van der Waals surface area contributed by atoms with Gasteiger partial charge in [0, 0.05) is 13.1 Å². The molecule has 1 amide bonds. The van der Waals surface area contributed by atoms with E-state index < -0.39 is 0 Å². The van der Waals surface area contributed by atoms with Crippen LogP contribution in [0.3, 0.4) is 0 Å². The zero-order chi connectivity index (χ0) is 14.3. The van der Waals surface area contributed by atoms with Crippen molar-refractivity contribution in [3.63, 3.8) is 0 Å². The second-order valence-corrected chi connectivity index (χ2v) is 5.18. The lowest BCUT2D eigenvalue weighted by atomic mass is 10.1. The minimum atomic E-state index is -0.279. The van der Waals surface area contributed by atoms with E-state index in [1.54, 1.807) is 12.1 Å². The van der Waals surface area contributed by atoms with Crippen molar-refractivity contribution in [2.75, 3.05) is 19.6 Å². The monoisotopic (exact) mass is 266 g/mol. The summed E-state index contributed by atoms with van der Waals surface area (Å²) in [5, 5.41) is 0. The summed E-state index contributed by atoms with van der Waals surface area (Å²) in [6.45, 7) is 6.17. The lowest BCUT2D eigenvalue weighted by molar-refractivity contribution is -0.131. The van der Waals surface area contributed by atoms with Crippen LogP contribution in [-0.4, -0.2) is 30.4 Å². The molecule has 0 aliphatic carbocycles. The summed E-state index contributed by atoms with van der Waals surface area (Å²) in [6, 6.07) is 6.08. The second kappa shape index (κ2) is 7.89. The maximum atomic E-state index is 12.8. The SMILES string of the molecule is CC(C)CN(CCCN)C(=O)Cc1ccc(F)cc1. The lowest BCUT2D eigenvalue weighted by Crippen LogP contribution is -2.36. The summed E-state index contributed by atoms with van der Waals surface area (Å²) in [4.78, 5) is 14.1. The van der Waals surface area contributed by atoms with Crippen molar-refractivity contribution >= 4 is 5.91 Å². The number of hydrogen-bond acceptors (Lipinski definition) is 2. The molecule has 0 aliphatic heterocycles. The summed E-state index contributed by atoms with van der Waals surface area (Å²) >= 11 is 0. The highest BCUT2D eigenvalue weighted by molar-refractivity contribution is 5.78. The van der Waals surface area contributed by atoms with E-state index in [0.717, 1.165) is 18.5 Å². The topological polar surface area (TPSA) is 46.3 Å². The van der Waals surface area contributed by atoms with Crippen LogP contribution < -0.4 is 5.73 Å². The summed E-state index contributed by atoms with van der Waals surface area (Å²) in [6.07, 6.45) is 1.12. The Morgan fingerprint density at radius 2 is 1.95 bits per heavy atom. The Morgan fingerprint density at radius 1 is 1.32 bits per heavy atom. The highest BCUT2D eigenvalue weighted by Crippen LogP contribution is 2.08. The third kappa shape index (κ3) is 5.83. The number of halogens is 1. The van der Waals surface area contributed by atoms with E-state index in [9.17, 15) is 9.18 Å². The average molecular weight is 266 g/mol. The van der Waals surface area contributed by atoms with Crippen LogP contribution in [0, 0.1) is 11.7 Å². The maximum absolute atomic E-state index is 12.8. The number of nitrogens with two attached hydrogens (primary N) is 1. The number of carbonyl (C=O) groups is 1. The number of amides is 1. The molecule has 0 radical (unpaired) electrons. The van der Waals surface area contributed by atoms with Gasteiger partial charge in [-0.3, -0.25) is 4.79 Å². The normalized spacial score (nSPS) is 10.8. The maximum Gasteiger partial charge on any atom is 0.226 e. The minimum absolute atomic E-state index is 0.0776. The molecule has 0 aliphatic rings. The molecule has 0 saturated carbocycles. The van der Waals surface area contributed by atoms with E-state index in [0.29, 0.717) is 25.4 Å². The number of nitrogens with zero attached hydrogens (tertiary/aromatic N) is 1. The fraction of sp³-hybridized carbons (Fsp3) is 0.533. The van der Waals surface area contributed by atoms with Crippen molar-refractivity contribution in [3.05, 3.63) is 35.6 Å². The van der Waals surface area contributed by atoms with Crippen molar-refractivity contribution < 1.29 is 9.18 Å². The number of hydrogen-bond donors (Lipinski definition) is 1. The predicted molar refractivity (Wildman–Crippen MR) is 75.2 cm³/mol. The molecular formula is C15H23FN2O. The molecule has 0 heterocycles. The van der Waals surface area contributed by atoms with Crippen LogP contribution in [0.25, 0.3) is 0 Å². The third-order valence-electron chi connectivity index (χ3n) is 2.84. The molecule has 1 aromatic rings. The number of benzene rings is 1. The van der Waals surface area contributed by atoms with Crippen LogP contribution in [0.15, 0.2) is 24.3 Å².